The molecule has 0 unspecified atom stereocenters. The molecular formula is C42H40N4. The van der Waals surface area contributed by atoms with Gasteiger partial charge in [-0.15, -0.1) is 0 Å². The number of rotatable bonds is 2. The van der Waals surface area contributed by atoms with Gasteiger partial charge in [0, 0.05) is 33.9 Å². The monoisotopic (exact) mass is 600 g/mol. The highest BCUT2D eigenvalue weighted by atomic mass is 14.9. The van der Waals surface area contributed by atoms with Crippen LogP contribution >= 0.6 is 0 Å². The number of H-pyrrole nitrogens is 2. The first-order valence-electron chi connectivity index (χ1n) is 17.3. The molecule has 8 bridgehead atoms. The largest absolute Gasteiger partial charge is 0.358 e. The van der Waals surface area contributed by atoms with Gasteiger partial charge in [-0.2, -0.15) is 0 Å². The lowest BCUT2D eigenvalue weighted by molar-refractivity contribution is 0.497. The summed E-state index contributed by atoms with van der Waals surface area (Å²) in [6.07, 6.45) is 20.9. The molecule has 0 radical (unpaired) electrons. The average molecular weight is 601 g/mol. The van der Waals surface area contributed by atoms with E-state index in [2.05, 4.69) is 119 Å². The van der Waals surface area contributed by atoms with Crippen LogP contribution in [0.3, 0.4) is 0 Å². The minimum atomic E-state index is -0.205. The zero-order valence-electron chi connectivity index (χ0n) is 26.4. The lowest BCUT2D eigenvalue weighted by Gasteiger charge is -2.32. The van der Waals surface area contributed by atoms with Crippen LogP contribution in [0.2, 0.25) is 0 Å². The molecule has 2 fully saturated rings. The van der Waals surface area contributed by atoms with Crippen LogP contribution < -0.4 is 0 Å². The second-order valence-electron chi connectivity index (χ2n) is 13.8. The summed E-state index contributed by atoms with van der Waals surface area (Å²) in [5.41, 5.74) is 13.7. The summed E-state index contributed by atoms with van der Waals surface area (Å²) < 4.78 is 0. The molecule has 0 atom stereocenters. The molecule has 4 aromatic rings. The molecule has 2 spiro atoms. The number of nitrogens with one attached hydrogen (secondary N) is 2. The zero-order chi connectivity index (χ0) is 30.6. The Hall–Kier alpha value is -4.70. The molecular weight excluding hydrogens is 560 g/mol. The van der Waals surface area contributed by atoms with E-state index in [4.69, 9.17) is 9.98 Å². The van der Waals surface area contributed by atoms with Gasteiger partial charge in [0.25, 0.3) is 0 Å². The maximum absolute atomic E-state index is 5.55. The van der Waals surface area contributed by atoms with Crippen LogP contribution in [0, 0.1) is 5.41 Å². The van der Waals surface area contributed by atoms with Crippen LogP contribution in [0.4, 0.5) is 0 Å². The Balaban J connectivity index is 1.34. The molecule has 2 aromatic heterocycles. The highest BCUT2D eigenvalue weighted by molar-refractivity contribution is 6.22. The van der Waals surface area contributed by atoms with E-state index in [9.17, 15) is 0 Å². The van der Waals surface area contributed by atoms with Crippen LogP contribution in [-0.2, 0) is 5.41 Å². The second kappa shape index (κ2) is 11.0. The van der Waals surface area contributed by atoms with E-state index in [-0.39, 0.29) is 10.8 Å². The Bertz CT molecular complexity index is 1840. The summed E-state index contributed by atoms with van der Waals surface area (Å²) in [5.74, 6) is 0. The molecule has 2 aliphatic carbocycles. The molecule has 9 rings (SSSR count). The predicted octanol–water partition coefficient (Wildman–Crippen LogP) is 10.1. The van der Waals surface area contributed by atoms with E-state index < -0.39 is 0 Å². The fourth-order valence-electron chi connectivity index (χ4n) is 8.91. The van der Waals surface area contributed by atoms with Crippen molar-refractivity contribution >= 4 is 22.6 Å². The number of aromatic amines is 2. The van der Waals surface area contributed by atoms with Crippen LogP contribution in [-0.4, -0.2) is 21.4 Å². The van der Waals surface area contributed by atoms with Crippen molar-refractivity contribution in [1.29, 1.82) is 0 Å². The van der Waals surface area contributed by atoms with E-state index in [0.29, 0.717) is 0 Å². The number of allylic oxidation sites excluding steroid dienone is 4. The Kier molecular flexibility index (Phi) is 6.59. The van der Waals surface area contributed by atoms with Gasteiger partial charge in [-0.05, 0) is 85.4 Å². The molecule has 46 heavy (non-hydrogen) atoms. The molecule has 2 saturated carbocycles. The summed E-state index contributed by atoms with van der Waals surface area (Å²) in [6.45, 7) is 0. The smallest absolute Gasteiger partial charge is 0.0733 e. The van der Waals surface area contributed by atoms with Crippen molar-refractivity contribution in [3.05, 3.63) is 155 Å². The van der Waals surface area contributed by atoms with Crippen LogP contribution in [0.5, 0.6) is 0 Å². The predicted molar refractivity (Wildman–Crippen MR) is 189 cm³/mol. The van der Waals surface area contributed by atoms with Gasteiger partial charge in [0.05, 0.1) is 33.6 Å². The highest BCUT2D eigenvalue weighted by Gasteiger charge is 2.43. The standard InChI is InChI=1S/C42H40N4/c1-2-10-26-41(25-9-1)35-21-17-31(43-35)39(29-13-5-3-6-14-29)33-19-23-37(45-33)42(27-11-12-28-42)38-24-20-34(46-38)40(30-15-7-4-8-16-30)32-18-22-36(41)44-32/h3-8,13-24,45-46H,1-2,9-12,25-28H2/b39-31-,40-32-. The van der Waals surface area contributed by atoms with Gasteiger partial charge in [0.15, 0.2) is 0 Å². The lowest BCUT2D eigenvalue weighted by Crippen LogP contribution is -2.36. The van der Waals surface area contributed by atoms with Crippen LogP contribution in [0.1, 0.15) is 98.1 Å². The zero-order valence-corrected chi connectivity index (χ0v) is 26.4. The summed E-state index contributed by atoms with van der Waals surface area (Å²) in [6, 6.07) is 30.9. The summed E-state index contributed by atoms with van der Waals surface area (Å²) >= 11 is 0. The molecule has 3 aliphatic heterocycles. The van der Waals surface area contributed by atoms with Crippen molar-refractivity contribution in [1.82, 2.24) is 9.97 Å². The van der Waals surface area contributed by atoms with Gasteiger partial charge < -0.3 is 9.97 Å². The minimum Gasteiger partial charge on any atom is -0.358 e. The molecule has 0 saturated heterocycles. The first-order valence-corrected chi connectivity index (χ1v) is 17.3. The first-order chi connectivity index (χ1) is 22.7. The number of nitrogens with zero attached hydrogens (tertiary/aromatic N) is 2. The molecule has 2 aromatic carbocycles. The molecule has 4 nitrogen and oxygen atoms in total. The van der Waals surface area contributed by atoms with Gasteiger partial charge in [-0.3, -0.25) is 9.98 Å². The van der Waals surface area contributed by atoms with Crippen LogP contribution in [0.25, 0.3) is 11.1 Å². The molecule has 228 valence electrons. The lowest BCUT2D eigenvalue weighted by atomic mass is 9.72. The maximum Gasteiger partial charge on any atom is 0.0733 e. The molecule has 0 amide bonds. The molecule has 2 N–H and O–H groups in total. The molecule has 5 heterocycles. The summed E-state index contributed by atoms with van der Waals surface area (Å²) in [7, 11) is 0. The number of hydrogen-bond acceptors (Lipinski definition) is 2. The van der Waals surface area contributed by atoms with E-state index in [1.165, 1.54) is 72.2 Å². The minimum absolute atomic E-state index is 0.0865. The number of hydrogen-bond donors (Lipinski definition) is 2. The van der Waals surface area contributed by atoms with Crippen molar-refractivity contribution in [2.45, 2.75) is 69.6 Å². The number of aliphatic imine (C=N–C) groups is 2. The number of benzene rings is 2. The Morgan fingerprint density at radius 1 is 0.435 bits per heavy atom. The van der Waals surface area contributed by atoms with Gasteiger partial charge in [0.2, 0.25) is 0 Å². The van der Waals surface area contributed by atoms with E-state index in [1.54, 1.807) is 0 Å². The SMILES string of the molecule is C1=C/C2=C(\c3ccccc3)c3ccc([nH]3)C3(CCCC3)c3ccc([nH]3)/C(c3ccccc3)=C3/C=CC(=N3)C3(CCCCCC3)C1=N2. The number of aromatic nitrogens is 2. The van der Waals surface area contributed by atoms with Crippen molar-refractivity contribution in [2.75, 3.05) is 0 Å². The van der Waals surface area contributed by atoms with Crippen molar-refractivity contribution in [3.63, 3.8) is 0 Å². The third-order valence-electron chi connectivity index (χ3n) is 11.3. The summed E-state index contributed by atoms with van der Waals surface area (Å²) in [4.78, 5) is 19.1. The Morgan fingerprint density at radius 2 is 0.870 bits per heavy atom. The maximum atomic E-state index is 5.55. The van der Waals surface area contributed by atoms with Crippen molar-refractivity contribution in [2.24, 2.45) is 15.4 Å². The van der Waals surface area contributed by atoms with Crippen molar-refractivity contribution < 1.29 is 0 Å². The fraction of sp³-hybridized carbons (Fsp3) is 0.286. The highest BCUT2D eigenvalue weighted by Crippen LogP contribution is 2.48. The van der Waals surface area contributed by atoms with Gasteiger partial charge in [0.1, 0.15) is 0 Å². The van der Waals surface area contributed by atoms with Crippen molar-refractivity contribution in [3.8, 4) is 0 Å². The quantitative estimate of drug-likeness (QED) is 0.230. The van der Waals surface area contributed by atoms with E-state index in [0.717, 1.165) is 59.9 Å². The average Bonchev–Trinajstić information content (AvgIpc) is 3.94. The van der Waals surface area contributed by atoms with Gasteiger partial charge >= 0.3 is 0 Å². The van der Waals surface area contributed by atoms with Gasteiger partial charge in [-0.25, -0.2) is 0 Å². The topological polar surface area (TPSA) is 56.3 Å². The second-order valence-corrected chi connectivity index (χ2v) is 13.8. The third kappa shape index (κ3) is 4.34. The first kappa shape index (κ1) is 27.6. The molecule has 5 aliphatic rings. The Morgan fingerprint density at radius 3 is 1.35 bits per heavy atom. The number of fused-ring (bicyclic) bond motifs is 10. The van der Waals surface area contributed by atoms with E-state index >= 15 is 0 Å². The fourth-order valence-corrected chi connectivity index (χ4v) is 8.91. The third-order valence-corrected chi connectivity index (χ3v) is 11.3. The van der Waals surface area contributed by atoms with Crippen LogP contribution in [0.15, 0.2) is 131 Å². The summed E-state index contributed by atoms with van der Waals surface area (Å²) in [5, 5.41) is 0. The van der Waals surface area contributed by atoms with Gasteiger partial charge in [-0.1, -0.05) is 99.2 Å². The normalized spacial score (nSPS) is 24.4. The Labute approximate surface area is 271 Å². The van der Waals surface area contributed by atoms with E-state index in [1.807, 2.05) is 0 Å². The molecule has 4 heteroatoms.